The van der Waals surface area contributed by atoms with E-state index in [-0.39, 0.29) is 5.56 Å². The van der Waals surface area contributed by atoms with Crippen molar-refractivity contribution in [1.29, 1.82) is 0 Å². The number of rotatable bonds is 6. The van der Waals surface area contributed by atoms with Crippen LogP contribution in [0.3, 0.4) is 0 Å². The lowest BCUT2D eigenvalue weighted by Gasteiger charge is -2.14. The lowest BCUT2D eigenvalue weighted by atomic mass is 10.0. The van der Waals surface area contributed by atoms with E-state index >= 15 is 0 Å². The number of aromatic amines is 1. The second kappa shape index (κ2) is 6.71. The SMILES string of the molecule is Cc1sc2nc(CNC(C)CCC(C)C)[nH]c(=O)c2c1C. The van der Waals surface area contributed by atoms with Crippen LogP contribution in [0.5, 0.6) is 0 Å². The Labute approximate surface area is 130 Å². The highest BCUT2D eigenvalue weighted by Crippen LogP contribution is 2.25. The van der Waals surface area contributed by atoms with E-state index in [0.717, 1.165) is 33.9 Å². The molecule has 2 aromatic heterocycles. The summed E-state index contributed by atoms with van der Waals surface area (Å²) in [5.41, 5.74) is 1.03. The molecule has 0 aromatic carbocycles. The van der Waals surface area contributed by atoms with Crippen molar-refractivity contribution < 1.29 is 0 Å². The number of thiophene rings is 1. The first-order valence-electron chi connectivity index (χ1n) is 7.60. The highest BCUT2D eigenvalue weighted by molar-refractivity contribution is 7.18. The van der Waals surface area contributed by atoms with Gasteiger partial charge in [0.05, 0.1) is 11.9 Å². The molecule has 0 spiro atoms. The molecular weight excluding hydrogens is 282 g/mol. The molecule has 1 atom stereocenters. The number of H-pyrrole nitrogens is 1. The largest absolute Gasteiger partial charge is 0.309 e. The van der Waals surface area contributed by atoms with Gasteiger partial charge in [-0.05, 0) is 45.1 Å². The van der Waals surface area contributed by atoms with E-state index in [1.54, 1.807) is 11.3 Å². The predicted octanol–water partition coefficient (Wildman–Crippen LogP) is 3.52. The first kappa shape index (κ1) is 16.2. The van der Waals surface area contributed by atoms with Crippen molar-refractivity contribution in [2.24, 2.45) is 5.92 Å². The van der Waals surface area contributed by atoms with Crippen molar-refractivity contribution >= 4 is 21.6 Å². The Hall–Kier alpha value is -1.20. The Balaban J connectivity index is 2.08. The summed E-state index contributed by atoms with van der Waals surface area (Å²) in [5.74, 6) is 1.45. The zero-order valence-corrected chi connectivity index (χ0v) is 14.4. The van der Waals surface area contributed by atoms with Crippen LogP contribution in [0, 0.1) is 19.8 Å². The second-order valence-electron chi connectivity index (χ2n) is 6.23. The van der Waals surface area contributed by atoms with Crippen LogP contribution in [-0.2, 0) is 6.54 Å². The van der Waals surface area contributed by atoms with E-state index in [0.29, 0.717) is 12.6 Å². The van der Waals surface area contributed by atoms with Gasteiger partial charge in [0.25, 0.3) is 5.56 Å². The first-order chi connectivity index (χ1) is 9.88. The van der Waals surface area contributed by atoms with Crippen LogP contribution in [0.25, 0.3) is 10.2 Å². The third-order valence-corrected chi connectivity index (χ3v) is 4.98. The molecular formula is C16H25N3OS. The summed E-state index contributed by atoms with van der Waals surface area (Å²) in [5, 5.41) is 4.18. The summed E-state index contributed by atoms with van der Waals surface area (Å²) in [4.78, 5) is 21.7. The molecule has 0 fully saturated rings. The van der Waals surface area contributed by atoms with Gasteiger partial charge in [0.1, 0.15) is 10.7 Å². The van der Waals surface area contributed by atoms with Crippen LogP contribution in [0.15, 0.2) is 4.79 Å². The quantitative estimate of drug-likeness (QED) is 0.858. The van der Waals surface area contributed by atoms with Crippen molar-refractivity contribution in [2.75, 3.05) is 0 Å². The molecule has 5 heteroatoms. The van der Waals surface area contributed by atoms with Crippen LogP contribution in [0.2, 0.25) is 0 Å². The number of nitrogens with one attached hydrogen (secondary N) is 2. The fourth-order valence-corrected chi connectivity index (χ4v) is 3.39. The zero-order chi connectivity index (χ0) is 15.6. The topological polar surface area (TPSA) is 57.8 Å². The molecule has 0 bridgehead atoms. The van der Waals surface area contributed by atoms with Gasteiger partial charge in [0.2, 0.25) is 0 Å². The Bertz CT molecular complexity index is 672. The predicted molar refractivity (Wildman–Crippen MR) is 90.1 cm³/mol. The second-order valence-corrected chi connectivity index (χ2v) is 7.43. The highest BCUT2D eigenvalue weighted by atomic mass is 32.1. The zero-order valence-electron chi connectivity index (χ0n) is 13.5. The molecule has 0 aliphatic rings. The molecule has 4 nitrogen and oxygen atoms in total. The fourth-order valence-electron chi connectivity index (χ4n) is 2.34. The molecule has 21 heavy (non-hydrogen) atoms. The van der Waals surface area contributed by atoms with Crippen molar-refractivity contribution in [3.8, 4) is 0 Å². The summed E-state index contributed by atoms with van der Waals surface area (Å²) < 4.78 is 0. The molecule has 2 aromatic rings. The van der Waals surface area contributed by atoms with Crippen molar-refractivity contribution in [2.45, 2.75) is 60.0 Å². The summed E-state index contributed by atoms with van der Waals surface area (Å²) in [6.07, 6.45) is 2.35. The number of aromatic nitrogens is 2. The standard InChI is InChI=1S/C16H25N3OS/c1-9(2)6-7-10(3)17-8-13-18-15(20)14-11(4)12(5)21-16(14)19-13/h9-10,17H,6-8H2,1-5H3,(H,18,19,20). The fraction of sp³-hybridized carbons (Fsp3) is 0.625. The Morgan fingerprint density at radius 1 is 1.24 bits per heavy atom. The van der Waals surface area contributed by atoms with Crippen LogP contribution in [-0.4, -0.2) is 16.0 Å². The van der Waals surface area contributed by atoms with E-state index < -0.39 is 0 Å². The maximum Gasteiger partial charge on any atom is 0.259 e. The molecule has 0 aliphatic heterocycles. The molecule has 116 valence electrons. The van der Waals surface area contributed by atoms with Crippen LogP contribution >= 0.6 is 11.3 Å². The Morgan fingerprint density at radius 2 is 1.95 bits per heavy atom. The smallest absolute Gasteiger partial charge is 0.259 e. The molecule has 2 heterocycles. The number of nitrogens with zero attached hydrogens (tertiary/aromatic N) is 1. The minimum atomic E-state index is -0.0199. The molecule has 0 amide bonds. The Morgan fingerprint density at radius 3 is 2.62 bits per heavy atom. The van der Waals surface area contributed by atoms with E-state index in [2.05, 4.69) is 36.1 Å². The van der Waals surface area contributed by atoms with E-state index in [1.165, 1.54) is 11.3 Å². The van der Waals surface area contributed by atoms with Crippen molar-refractivity contribution in [1.82, 2.24) is 15.3 Å². The maximum absolute atomic E-state index is 12.2. The van der Waals surface area contributed by atoms with E-state index in [4.69, 9.17) is 0 Å². The number of hydrogen-bond donors (Lipinski definition) is 2. The van der Waals surface area contributed by atoms with Gasteiger partial charge in [0.15, 0.2) is 0 Å². The Kier molecular flexibility index (Phi) is 5.17. The highest BCUT2D eigenvalue weighted by Gasteiger charge is 2.12. The summed E-state index contributed by atoms with van der Waals surface area (Å²) in [6.45, 7) is 11.3. The molecule has 0 aliphatic carbocycles. The molecule has 2 rings (SSSR count). The average molecular weight is 307 g/mol. The number of hydrogen-bond acceptors (Lipinski definition) is 4. The molecule has 0 saturated carbocycles. The van der Waals surface area contributed by atoms with Gasteiger partial charge in [-0.25, -0.2) is 4.98 Å². The minimum Gasteiger partial charge on any atom is -0.309 e. The van der Waals surface area contributed by atoms with Gasteiger partial charge in [-0.1, -0.05) is 13.8 Å². The van der Waals surface area contributed by atoms with Crippen LogP contribution in [0.4, 0.5) is 0 Å². The summed E-state index contributed by atoms with van der Waals surface area (Å²) in [6, 6.07) is 0.431. The molecule has 0 saturated heterocycles. The summed E-state index contributed by atoms with van der Waals surface area (Å²) in [7, 11) is 0. The maximum atomic E-state index is 12.2. The molecule has 1 unspecified atom stereocenters. The van der Waals surface area contributed by atoms with Crippen molar-refractivity contribution in [3.63, 3.8) is 0 Å². The lowest BCUT2D eigenvalue weighted by Crippen LogP contribution is -2.27. The normalized spacial score (nSPS) is 13.2. The van der Waals surface area contributed by atoms with Gasteiger partial charge < -0.3 is 10.3 Å². The summed E-state index contributed by atoms with van der Waals surface area (Å²) >= 11 is 1.60. The van der Waals surface area contributed by atoms with Crippen LogP contribution in [0.1, 0.15) is 49.9 Å². The minimum absolute atomic E-state index is 0.0199. The van der Waals surface area contributed by atoms with Gasteiger partial charge in [0, 0.05) is 10.9 Å². The number of aryl methyl sites for hydroxylation is 2. The third kappa shape index (κ3) is 3.92. The molecule has 2 N–H and O–H groups in total. The van der Waals surface area contributed by atoms with Gasteiger partial charge >= 0.3 is 0 Å². The lowest BCUT2D eigenvalue weighted by molar-refractivity contribution is 0.446. The van der Waals surface area contributed by atoms with Crippen molar-refractivity contribution in [3.05, 3.63) is 26.6 Å². The molecule has 0 radical (unpaired) electrons. The van der Waals surface area contributed by atoms with Gasteiger partial charge in [-0.15, -0.1) is 11.3 Å². The van der Waals surface area contributed by atoms with E-state index in [9.17, 15) is 4.79 Å². The van der Waals surface area contributed by atoms with Crippen LogP contribution < -0.4 is 10.9 Å². The van der Waals surface area contributed by atoms with Gasteiger partial charge in [-0.2, -0.15) is 0 Å². The van der Waals surface area contributed by atoms with Gasteiger partial charge in [-0.3, -0.25) is 4.79 Å². The number of fused-ring (bicyclic) bond motifs is 1. The third-order valence-electron chi connectivity index (χ3n) is 3.88. The van der Waals surface area contributed by atoms with E-state index in [1.807, 2.05) is 13.8 Å². The monoisotopic (exact) mass is 307 g/mol. The first-order valence-corrected chi connectivity index (χ1v) is 8.42. The average Bonchev–Trinajstić information content (AvgIpc) is 2.69.